The minimum atomic E-state index is -0.302. The summed E-state index contributed by atoms with van der Waals surface area (Å²) in [7, 11) is 0. The van der Waals surface area contributed by atoms with Crippen molar-refractivity contribution < 1.29 is 0 Å². The van der Waals surface area contributed by atoms with E-state index < -0.39 is 0 Å². The maximum absolute atomic E-state index is 3.62. The Hall–Kier alpha value is -0.190. The lowest BCUT2D eigenvalue weighted by molar-refractivity contribution is 0.675. The van der Waals surface area contributed by atoms with E-state index in [1.807, 2.05) is 0 Å². The van der Waals surface area contributed by atoms with Gasteiger partial charge in [0.2, 0.25) is 0 Å². The first-order valence-electron chi connectivity index (χ1n) is 9.34. The number of hydrogen-bond donors (Lipinski definition) is 0. The van der Waals surface area contributed by atoms with E-state index in [4.69, 9.17) is 0 Å². The molecule has 1 aliphatic rings. The van der Waals surface area contributed by atoms with Crippen molar-refractivity contribution in [2.24, 2.45) is 0 Å². The van der Waals surface area contributed by atoms with Crippen molar-refractivity contribution in [1.82, 2.24) is 0 Å². The highest BCUT2D eigenvalue weighted by Gasteiger charge is 2.40. The quantitative estimate of drug-likeness (QED) is 0.183. The first-order chi connectivity index (χ1) is 14.0. The summed E-state index contributed by atoms with van der Waals surface area (Å²) in [5, 5.41) is 0. The van der Waals surface area contributed by atoms with Gasteiger partial charge in [-0.3, -0.25) is 0 Å². The minimum Gasteiger partial charge on any atom is -0.0608 e. The molecule has 4 heteroatoms. The van der Waals surface area contributed by atoms with Gasteiger partial charge >= 0.3 is 0 Å². The third-order valence-corrected chi connectivity index (χ3v) is 8.28. The highest BCUT2D eigenvalue weighted by atomic mass is 127. The average molecular weight is 779 g/mol. The SMILES string of the molecule is Brc1ccc(C(C2=CC=C(I)CC2)(c2ccc(I)cc2)c2ccc(I)cc2)cc1. The van der Waals surface area contributed by atoms with Crippen molar-refractivity contribution in [3.8, 4) is 0 Å². The van der Waals surface area contributed by atoms with Crippen molar-refractivity contribution in [2.45, 2.75) is 18.3 Å². The highest BCUT2D eigenvalue weighted by molar-refractivity contribution is 14.1. The van der Waals surface area contributed by atoms with Gasteiger partial charge in [-0.25, -0.2) is 0 Å². The monoisotopic (exact) mass is 778 g/mol. The predicted molar refractivity (Wildman–Crippen MR) is 152 cm³/mol. The third kappa shape index (κ3) is 4.55. The standard InChI is InChI=1S/C25H18BrI3/c26-21-9-1-17(2-10-21)25(18-3-11-22(27)12-4-18,19-5-13-23(28)14-6-19)20-7-15-24(29)16-8-20/h1-7,9-15H,8,16H2. The van der Waals surface area contributed by atoms with Gasteiger partial charge in [-0.15, -0.1) is 0 Å². The van der Waals surface area contributed by atoms with Gasteiger partial charge in [-0.1, -0.05) is 70.1 Å². The van der Waals surface area contributed by atoms with Crippen LogP contribution in [-0.4, -0.2) is 0 Å². The molecule has 0 atom stereocenters. The second-order valence-electron chi connectivity index (χ2n) is 7.08. The number of rotatable bonds is 4. The second kappa shape index (κ2) is 9.53. The molecule has 4 rings (SSSR count). The molecule has 1 aliphatic carbocycles. The molecule has 3 aromatic carbocycles. The molecule has 3 aromatic rings. The van der Waals surface area contributed by atoms with E-state index in [0.29, 0.717) is 0 Å². The van der Waals surface area contributed by atoms with Gasteiger partial charge in [-0.2, -0.15) is 0 Å². The molecular formula is C25H18BrI3. The molecule has 0 saturated heterocycles. The zero-order valence-electron chi connectivity index (χ0n) is 15.5. The van der Waals surface area contributed by atoms with Crippen LogP contribution in [0.4, 0.5) is 0 Å². The van der Waals surface area contributed by atoms with Crippen molar-refractivity contribution in [3.05, 3.63) is 122 Å². The third-order valence-electron chi connectivity index (χ3n) is 5.41. The van der Waals surface area contributed by atoms with Gasteiger partial charge in [0, 0.05) is 11.6 Å². The predicted octanol–water partition coefficient (Wildman–Crippen LogP) is 9.03. The first-order valence-corrected chi connectivity index (χ1v) is 13.4. The Kier molecular flexibility index (Phi) is 7.23. The molecule has 0 saturated carbocycles. The van der Waals surface area contributed by atoms with E-state index in [1.54, 1.807) is 0 Å². The fraction of sp³-hybridized carbons (Fsp3) is 0.120. The number of hydrogen-bond acceptors (Lipinski definition) is 0. The summed E-state index contributed by atoms with van der Waals surface area (Å²) >= 11 is 10.9. The van der Waals surface area contributed by atoms with Crippen LogP contribution in [0.1, 0.15) is 29.5 Å². The maximum Gasteiger partial charge on any atom is 0.0664 e. The van der Waals surface area contributed by atoms with Crippen LogP contribution in [0.5, 0.6) is 0 Å². The Morgan fingerprint density at radius 2 is 1.03 bits per heavy atom. The summed E-state index contributed by atoms with van der Waals surface area (Å²) in [6, 6.07) is 26.9. The lowest BCUT2D eigenvalue weighted by atomic mass is 9.63. The zero-order chi connectivity index (χ0) is 20.4. The van der Waals surface area contributed by atoms with Crippen LogP contribution < -0.4 is 0 Å². The average Bonchev–Trinajstić information content (AvgIpc) is 2.73. The zero-order valence-corrected chi connectivity index (χ0v) is 23.6. The normalized spacial score (nSPS) is 14.3. The molecule has 0 aromatic heterocycles. The summed E-state index contributed by atoms with van der Waals surface area (Å²) in [6.45, 7) is 0. The topological polar surface area (TPSA) is 0 Å². The molecule has 0 nitrogen and oxygen atoms in total. The summed E-state index contributed by atoms with van der Waals surface area (Å²) in [5.74, 6) is 0. The molecule has 0 N–H and O–H groups in total. The Balaban J connectivity index is 2.08. The summed E-state index contributed by atoms with van der Waals surface area (Å²) in [6.07, 6.45) is 6.79. The molecule has 0 bridgehead atoms. The second-order valence-corrected chi connectivity index (χ2v) is 11.9. The van der Waals surface area contributed by atoms with Crippen LogP contribution >= 0.6 is 83.7 Å². The lowest BCUT2D eigenvalue weighted by Crippen LogP contribution is -2.32. The molecule has 0 unspecified atom stereocenters. The van der Waals surface area contributed by atoms with E-state index in [-0.39, 0.29) is 5.41 Å². The number of benzene rings is 3. The van der Waals surface area contributed by atoms with Crippen LogP contribution in [0, 0.1) is 7.14 Å². The van der Waals surface area contributed by atoms with E-state index in [2.05, 4.69) is 169 Å². The van der Waals surface area contributed by atoms with Gasteiger partial charge in [0.25, 0.3) is 0 Å². The maximum atomic E-state index is 3.62. The molecule has 146 valence electrons. The lowest BCUT2D eigenvalue weighted by Gasteiger charge is -2.39. The van der Waals surface area contributed by atoms with Crippen LogP contribution in [0.3, 0.4) is 0 Å². The Labute approximate surface area is 221 Å². The van der Waals surface area contributed by atoms with E-state index in [0.717, 1.165) is 17.3 Å². The molecule has 0 heterocycles. The molecule has 0 fully saturated rings. The number of halogens is 4. The fourth-order valence-corrected chi connectivity index (χ4v) is 5.51. The summed E-state index contributed by atoms with van der Waals surface area (Å²) in [4.78, 5) is 0. The van der Waals surface area contributed by atoms with Crippen LogP contribution in [0.2, 0.25) is 0 Å². The molecule has 0 aliphatic heterocycles. The van der Waals surface area contributed by atoms with Gasteiger partial charge in [0.05, 0.1) is 5.41 Å². The van der Waals surface area contributed by atoms with E-state index >= 15 is 0 Å². The van der Waals surface area contributed by atoms with Crippen LogP contribution in [0.15, 0.2) is 98.6 Å². The van der Waals surface area contributed by atoms with Crippen LogP contribution in [0.25, 0.3) is 0 Å². The van der Waals surface area contributed by atoms with Gasteiger partial charge < -0.3 is 0 Å². The summed E-state index contributed by atoms with van der Waals surface area (Å²) < 4.78 is 5.03. The molecular weight excluding hydrogens is 761 g/mol. The summed E-state index contributed by atoms with van der Waals surface area (Å²) in [5.41, 5.74) is 5.08. The van der Waals surface area contributed by atoms with Gasteiger partial charge in [0.1, 0.15) is 0 Å². The van der Waals surface area contributed by atoms with Crippen LogP contribution in [-0.2, 0) is 5.41 Å². The largest absolute Gasteiger partial charge is 0.0664 e. The first kappa shape index (κ1) is 22.0. The van der Waals surface area contributed by atoms with Crippen molar-refractivity contribution in [1.29, 1.82) is 0 Å². The van der Waals surface area contributed by atoms with E-state index in [9.17, 15) is 0 Å². The highest BCUT2D eigenvalue weighted by Crippen LogP contribution is 2.48. The van der Waals surface area contributed by atoms with Gasteiger partial charge in [0.15, 0.2) is 0 Å². The smallest absolute Gasteiger partial charge is 0.0608 e. The van der Waals surface area contributed by atoms with Crippen molar-refractivity contribution >= 4 is 83.7 Å². The molecule has 29 heavy (non-hydrogen) atoms. The molecule has 0 radical (unpaired) electrons. The Morgan fingerprint density at radius 1 is 0.586 bits per heavy atom. The molecule has 0 amide bonds. The molecule has 0 spiro atoms. The van der Waals surface area contributed by atoms with Crippen molar-refractivity contribution in [2.75, 3.05) is 0 Å². The Morgan fingerprint density at radius 3 is 1.45 bits per heavy atom. The van der Waals surface area contributed by atoms with E-state index in [1.165, 1.54) is 33.0 Å². The van der Waals surface area contributed by atoms with Gasteiger partial charge in [-0.05, 0) is 137 Å². The fourth-order valence-electron chi connectivity index (χ4n) is 4.08. The Bertz CT molecular complexity index is 952. The van der Waals surface area contributed by atoms with Crippen molar-refractivity contribution in [3.63, 3.8) is 0 Å². The number of allylic oxidation sites excluding steroid dienone is 4. The minimum absolute atomic E-state index is 0.302.